The summed E-state index contributed by atoms with van der Waals surface area (Å²) in [6, 6.07) is 1.42. The number of methoxy groups -OCH3 is 1. The Hall–Kier alpha value is -2.35. The predicted molar refractivity (Wildman–Crippen MR) is 93.8 cm³/mol. The minimum atomic E-state index is -0.605. The zero-order valence-corrected chi connectivity index (χ0v) is 15.4. The summed E-state index contributed by atoms with van der Waals surface area (Å²) in [6.45, 7) is 1.52. The lowest BCUT2D eigenvalue weighted by Crippen LogP contribution is -2.49. The minimum Gasteiger partial charge on any atom is -0.385 e. The highest BCUT2D eigenvalue weighted by Crippen LogP contribution is 2.41. The van der Waals surface area contributed by atoms with Crippen LogP contribution in [0.5, 0.6) is 0 Å². The summed E-state index contributed by atoms with van der Waals surface area (Å²) in [5.74, 6) is 0.756. The van der Waals surface area contributed by atoms with Gasteiger partial charge in [0, 0.05) is 38.9 Å². The van der Waals surface area contributed by atoms with Crippen LogP contribution in [0.25, 0.3) is 0 Å². The van der Waals surface area contributed by atoms with E-state index in [1.807, 2.05) is 0 Å². The lowest BCUT2D eigenvalue weighted by Gasteiger charge is -2.41. The van der Waals surface area contributed by atoms with Crippen molar-refractivity contribution in [3.05, 3.63) is 41.6 Å². The van der Waals surface area contributed by atoms with E-state index < -0.39 is 11.2 Å². The number of halogens is 1. The molecule has 1 aliphatic carbocycles. The van der Waals surface area contributed by atoms with Crippen LogP contribution in [0.2, 0.25) is 0 Å². The molecule has 1 atom stereocenters. The largest absolute Gasteiger partial charge is 0.385 e. The molecule has 0 radical (unpaired) electrons. The van der Waals surface area contributed by atoms with E-state index in [1.54, 1.807) is 12.0 Å². The summed E-state index contributed by atoms with van der Waals surface area (Å²) in [5.41, 5.74) is -0.399. The van der Waals surface area contributed by atoms with Crippen LogP contribution in [-0.4, -0.2) is 52.7 Å². The molecule has 1 unspecified atom stereocenters. The zero-order valence-electron chi connectivity index (χ0n) is 15.4. The van der Waals surface area contributed by atoms with Gasteiger partial charge in [-0.15, -0.1) is 0 Å². The van der Waals surface area contributed by atoms with E-state index in [9.17, 15) is 9.18 Å². The van der Waals surface area contributed by atoms with Crippen molar-refractivity contribution < 1.29 is 18.4 Å². The molecule has 0 spiro atoms. The maximum Gasteiger partial charge on any atom is 0.256 e. The van der Waals surface area contributed by atoms with E-state index in [4.69, 9.17) is 9.26 Å². The van der Waals surface area contributed by atoms with E-state index in [2.05, 4.69) is 15.1 Å². The van der Waals surface area contributed by atoms with E-state index >= 15 is 0 Å². The van der Waals surface area contributed by atoms with Crippen molar-refractivity contribution in [2.24, 2.45) is 0 Å². The Bertz CT molecular complexity index is 823. The molecule has 2 aliphatic rings. The summed E-state index contributed by atoms with van der Waals surface area (Å²) in [4.78, 5) is 23.0. The van der Waals surface area contributed by atoms with Crippen molar-refractivity contribution in [2.75, 3.05) is 26.8 Å². The molecule has 144 valence electrons. The van der Waals surface area contributed by atoms with Crippen LogP contribution >= 0.6 is 0 Å². The summed E-state index contributed by atoms with van der Waals surface area (Å²) in [5, 5.41) is 4.25. The first-order chi connectivity index (χ1) is 13.1. The molecule has 0 aromatic carbocycles. The second-order valence-electron chi connectivity index (χ2n) is 7.44. The standard InChI is InChI=1S/C19H23FN4O3/c1-26-10-7-19(18-22-16(27-23-18)13-3-4-13)6-2-9-24(12-19)17(25)14-5-8-21-11-15(14)20/h5,8,11,13H,2-4,6-7,9-10,12H2,1H3. The average Bonchev–Trinajstić information content (AvgIpc) is 3.42. The number of pyridine rings is 1. The van der Waals surface area contributed by atoms with Gasteiger partial charge in [-0.2, -0.15) is 4.98 Å². The second-order valence-corrected chi connectivity index (χ2v) is 7.44. The number of carbonyl (C=O) groups excluding carboxylic acids is 1. The van der Waals surface area contributed by atoms with Crippen LogP contribution in [-0.2, 0) is 10.2 Å². The quantitative estimate of drug-likeness (QED) is 0.773. The molecule has 0 bridgehead atoms. The number of rotatable bonds is 6. The van der Waals surface area contributed by atoms with Gasteiger partial charge in [-0.3, -0.25) is 9.78 Å². The highest BCUT2D eigenvalue weighted by molar-refractivity contribution is 5.94. The van der Waals surface area contributed by atoms with Crippen molar-refractivity contribution in [3.63, 3.8) is 0 Å². The van der Waals surface area contributed by atoms with Gasteiger partial charge in [0.1, 0.15) is 0 Å². The Morgan fingerprint density at radius 1 is 1.48 bits per heavy atom. The molecule has 1 aliphatic heterocycles. The van der Waals surface area contributed by atoms with Gasteiger partial charge in [0.25, 0.3) is 5.91 Å². The highest BCUT2D eigenvalue weighted by Gasteiger charge is 2.43. The van der Waals surface area contributed by atoms with Gasteiger partial charge in [0.15, 0.2) is 11.6 Å². The normalized spacial score (nSPS) is 22.8. The SMILES string of the molecule is COCCC1(c2noc(C3CC3)n2)CCCN(C(=O)c2ccncc2F)C1. The Morgan fingerprint density at radius 2 is 2.33 bits per heavy atom. The number of ether oxygens (including phenoxy) is 1. The fourth-order valence-corrected chi connectivity index (χ4v) is 3.77. The lowest BCUT2D eigenvalue weighted by molar-refractivity contribution is 0.0562. The van der Waals surface area contributed by atoms with Crippen LogP contribution in [0.4, 0.5) is 4.39 Å². The molecule has 8 heteroatoms. The van der Waals surface area contributed by atoms with Crippen molar-refractivity contribution in [1.82, 2.24) is 20.0 Å². The van der Waals surface area contributed by atoms with Crippen LogP contribution in [0.15, 0.2) is 23.0 Å². The van der Waals surface area contributed by atoms with Gasteiger partial charge in [-0.1, -0.05) is 5.16 Å². The van der Waals surface area contributed by atoms with Crippen molar-refractivity contribution in [1.29, 1.82) is 0 Å². The Balaban J connectivity index is 1.61. The molecule has 1 saturated carbocycles. The van der Waals surface area contributed by atoms with Crippen molar-refractivity contribution in [2.45, 2.75) is 43.4 Å². The third-order valence-electron chi connectivity index (χ3n) is 5.49. The molecule has 1 amide bonds. The number of carbonyl (C=O) groups is 1. The molecule has 0 N–H and O–H groups in total. The summed E-state index contributed by atoms with van der Waals surface area (Å²) < 4.78 is 24.8. The molecule has 7 nitrogen and oxygen atoms in total. The monoisotopic (exact) mass is 374 g/mol. The molecule has 27 heavy (non-hydrogen) atoms. The first-order valence-corrected chi connectivity index (χ1v) is 9.35. The van der Waals surface area contributed by atoms with Crippen molar-refractivity contribution >= 4 is 5.91 Å². The van der Waals surface area contributed by atoms with Crippen LogP contribution in [0, 0.1) is 5.82 Å². The van der Waals surface area contributed by atoms with Gasteiger partial charge in [-0.25, -0.2) is 4.39 Å². The lowest BCUT2D eigenvalue weighted by atomic mass is 9.76. The van der Waals surface area contributed by atoms with Gasteiger partial charge < -0.3 is 14.2 Å². The summed E-state index contributed by atoms with van der Waals surface area (Å²) in [7, 11) is 1.65. The fourth-order valence-electron chi connectivity index (χ4n) is 3.77. The molecule has 1 saturated heterocycles. The van der Waals surface area contributed by atoms with Crippen LogP contribution in [0.1, 0.15) is 60.1 Å². The average molecular weight is 374 g/mol. The first kappa shape index (κ1) is 18.0. The third-order valence-corrected chi connectivity index (χ3v) is 5.49. The van der Waals surface area contributed by atoms with Gasteiger partial charge in [0.05, 0.1) is 17.2 Å². The van der Waals surface area contributed by atoms with E-state index in [-0.39, 0.29) is 11.5 Å². The molecule has 2 aromatic rings. The van der Waals surface area contributed by atoms with E-state index in [1.165, 1.54) is 12.3 Å². The summed E-state index contributed by atoms with van der Waals surface area (Å²) >= 11 is 0. The van der Waals surface area contributed by atoms with Crippen LogP contribution in [0.3, 0.4) is 0 Å². The van der Waals surface area contributed by atoms with Crippen LogP contribution < -0.4 is 0 Å². The first-order valence-electron chi connectivity index (χ1n) is 9.35. The number of aromatic nitrogens is 3. The molecular formula is C19H23FN4O3. The maximum atomic E-state index is 14.0. The predicted octanol–water partition coefficient (Wildman–Crippen LogP) is 2.69. The zero-order chi connectivity index (χ0) is 18.9. The molecular weight excluding hydrogens is 351 g/mol. The number of hydrogen-bond donors (Lipinski definition) is 0. The second kappa shape index (κ2) is 7.34. The molecule has 2 aromatic heterocycles. The molecule has 3 heterocycles. The van der Waals surface area contributed by atoms with E-state index in [0.717, 1.165) is 31.9 Å². The number of nitrogens with zero attached hydrogens (tertiary/aromatic N) is 4. The van der Waals surface area contributed by atoms with Gasteiger partial charge >= 0.3 is 0 Å². The van der Waals surface area contributed by atoms with Gasteiger partial charge in [0.2, 0.25) is 5.89 Å². The Kier molecular flexibility index (Phi) is 4.90. The Labute approximate surface area is 156 Å². The minimum absolute atomic E-state index is 0.0410. The highest BCUT2D eigenvalue weighted by atomic mass is 19.1. The van der Waals surface area contributed by atoms with E-state index in [0.29, 0.717) is 43.8 Å². The smallest absolute Gasteiger partial charge is 0.256 e. The number of piperidine rings is 1. The summed E-state index contributed by atoms with van der Waals surface area (Å²) in [6.07, 6.45) is 6.96. The fraction of sp³-hybridized carbons (Fsp3) is 0.579. The molecule has 4 rings (SSSR count). The van der Waals surface area contributed by atoms with Crippen molar-refractivity contribution in [3.8, 4) is 0 Å². The topological polar surface area (TPSA) is 81.4 Å². The Morgan fingerprint density at radius 3 is 3.07 bits per heavy atom. The maximum absolute atomic E-state index is 14.0. The number of hydrogen-bond acceptors (Lipinski definition) is 6. The number of amides is 1. The number of likely N-dealkylation sites (tertiary alicyclic amines) is 1. The van der Waals surface area contributed by atoms with Gasteiger partial charge in [-0.05, 0) is 38.2 Å². The molecule has 2 fully saturated rings. The third kappa shape index (κ3) is 3.58.